The van der Waals surface area contributed by atoms with Crippen LogP contribution in [-0.4, -0.2) is 41.9 Å². The maximum atomic E-state index is 13.0. The molecule has 0 radical (unpaired) electrons. The molecule has 1 fully saturated rings. The van der Waals surface area contributed by atoms with Crippen molar-refractivity contribution in [2.75, 3.05) is 26.2 Å². The zero-order valence-electron chi connectivity index (χ0n) is 17.4. The monoisotopic (exact) mass is 378 g/mol. The Hall–Kier alpha value is -2.13. The largest absolute Gasteiger partial charge is 0.340 e. The van der Waals surface area contributed by atoms with Crippen LogP contribution < -0.4 is 0 Å². The fourth-order valence-corrected chi connectivity index (χ4v) is 4.30. The summed E-state index contributed by atoms with van der Waals surface area (Å²) in [7, 11) is 0. The molecule has 0 saturated carbocycles. The summed E-state index contributed by atoms with van der Waals surface area (Å²) in [4.78, 5) is 17.6. The summed E-state index contributed by atoms with van der Waals surface area (Å²) in [5.74, 6) is 0.567. The summed E-state index contributed by atoms with van der Waals surface area (Å²) in [5, 5.41) is 0. The molecule has 1 amide bonds. The lowest BCUT2D eigenvalue weighted by Gasteiger charge is -2.40. The second-order valence-electron chi connectivity index (χ2n) is 7.83. The lowest BCUT2D eigenvalue weighted by atomic mass is 9.95. The van der Waals surface area contributed by atoms with E-state index in [1.165, 1.54) is 11.1 Å². The van der Waals surface area contributed by atoms with E-state index >= 15 is 0 Å². The maximum absolute atomic E-state index is 13.0. The summed E-state index contributed by atoms with van der Waals surface area (Å²) in [6.07, 6.45) is 4.29. The minimum Gasteiger partial charge on any atom is -0.340 e. The molecule has 28 heavy (non-hydrogen) atoms. The van der Waals surface area contributed by atoms with Crippen LogP contribution in [-0.2, 0) is 4.79 Å². The summed E-state index contributed by atoms with van der Waals surface area (Å²) < 4.78 is 0. The molecule has 150 valence electrons. The smallest absolute Gasteiger partial charge is 0.225 e. The topological polar surface area (TPSA) is 23.6 Å². The Labute approximate surface area is 170 Å². The molecule has 1 aliphatic heterocycles. The second-order valence-corrected chi connectivity index (χ2v) is 7.83. The Bertz CT molecular complexity index is 668. The highest BCUT2D eigenvalue weighted by atomic mass is 16.2. The molecule has 3 heteroatoms. The summed E-state index contributed by atoms with van der Waals surface area (Å²) in [6, 6.07) is 21.7. The number of rotatable bonds is 8. The Kier molecular flexibility index (Phi) is 7.67. The molecule has 0 spiro atoms. The molecule has 0 bridgehead atoms. The van der Waals surface area contributed by atoms with Gasteiger partial charge in [0.15, 0.2) is 0 Å². The molecule has 0 N–H and O–H groups in total. The summed E-state index contributed by atoms with van der Waals surface area (Å²) in [5.41, 5.74) is 2.64. The first-order valence-electron chi connectivity index (χ1n) is 10.9. The fourth-order valence-electron chi connectivity index (χ4n) is 4.30. The van der Waals surface area contributed by atoms with E-state index in [1.54, 1.807) is 0 Å². The van der Waals surface area contributed by atoms with E-state index in [2.05, 4.69) is 84.3 Å². The van der Waals surface area contributed by atoms with Gasteiger partial charge in [-0.05, 0) is 24.0 Å². The Morgan fingerprint density at radius 1 is 0.857 bits per heavy atom. The van der Waals surface area contributed by atoms with E-state index in [1.807, 2.05) is 0 Å². The van der Waals surface area contributed by atoms with Crippen molar-refractivity contribution in [1.29, 1.82) is 0 Å². The van der Waals surface area contributed by atoms with Gasteiger partial charge in [-0.3, -0.25) is 9.69 Å². The number of benzene rings is 2. The van der Waals surface area contributed by atoms with Gasteiger partial charge in [-0.2, -0.15) is 0 Å². The van der Waals surface area contributed by atoms with Crippen LogP contribution in [0.2, 0.25) is 0 Å². The van der Waals surface area contributed by atoms with Crippen molar-refractivity contribution in [3.05, 3.63) is 71.8 Å². The SMILES string of the molecule is CCCC[C@@H](CC)C(=O)N1CCN(C(c2ccccc2)c2ccccc2)CC1. The van der Waals surface area contributed by atoms with Crippen molar-refractivity contribution in [2.24, 2.45) is 5.92 Å². The molecule has 1 heterocycles. The zero-order valence-corrected chi connectivity index (χ0v) is 17.4. The third-order valence-electron chi connectivity index (χ3n) is 5.97. The molecule has 1 aliphatic rings. The summed E-state index contributed by atoms with van der Waals surface area (Å²) in [6.45, 7) is 7.85. The van der Waals surface area contributed by atoms with E-state index in [-0.39, 0.29) is 12.0 Å². The number of hydrogen-bond acceptors (Lipinski definition) is 2. The van der Waals surface area contributed by atoms with Crippen LogP contribution in [0.4, 0.5) is 0 Å². The quantitative estimate of drug-likeness (QED) is 0.635. The highest BCUT2D eigenvalue weighted by Gasteiger charge is 2.30. The van der Waals surface area contributed by atoms with Crippen LogP contribution in [0.3, 0.4) is 0 Å². The third kappa shape index (κ3) is 5.02. The average Bonchev–Trinajstić information content (AvgIpc) is 2.76. The van der Waals surface area contributed by atoms with Gasteiger partial charge in [0.1, 0.15) is 0 Å². The van der Waals surface area contributed by atoms with Gasteiger partial charge >= 0.3 is 0 Å². The minimum atomic E-state index is 0.200. The van der Waals surface area contributed by atoms with E-state index < -0.39 is 0 Å². The highest BCUT2D eigenvalue weighted by Crippen LogP contribution is 2.30. The Morgan fingerprint density at radius 2 is 1.39 bits per heavy atom. The number of carbonyl (C=O) groups is 1. The molecular weight excluding hydrogens is 344 g/mol. The molecule has 3 nitrogen and oxygen atoms in total. The van der Waals surface area contributed by atoms with E-state index in [0.29, 0.717) is 5.91 Å². The van der Waals surface area contributed by atoms with Gasteiger partial charge in [0.05, 0.1) is 6.04 Å². The molecule has 0 aromatic heterocycles. The maximum Gasteiger partial charge on any atom is 0.225 e. The first-order valence-corrected chi connectivity index (χ1v) is 10.9. The van der Waals surface area contributed by atoms with E-state index in [0.717, 1.165) is 51.9 Å². The molecule has 2 aromatic carbocycles. The van der Waals surface area contributed by atoms with Crippen molar-refractivity contribution >= 4 is 5.91 Å². The normalized spacial score (nSPS) is 16.3. The molecule has 1 atom stereocenters. The van der Waals surface area contributed by atoms with Crippen molar-refractivity contribution in [3.8, 4) is 0 Å². The lowest BCUT2D eigenvalue weighted by Crippen LogP contribution is -2.51. The van der Waals surface area contributed by atoms with Gasteiger partial charge in [-0.1, -0.05) is 87.4 Å². The highest BCUT2D eigenvalue weighted by molar-refractivity contribution is 5.78. The predicted octanol–water partition coefficient (Wildman–Crippen LogP) is 5.14. The predicted molar refractivity (Wildman–Crippen MR) is 116 cm³/mol. The third-order valence-corrected chi connectivity index (χ3v) is 5.97. The second kappa shape index (κ2) is 10.4. The number of unbranched alkanes of at least 4 members (excludes halogenated alkanes) is 1. The van der Waals surface area contributed by atoms with Crippen LogP contribution in [0.25, 0.3) is 0 Å². The first-order chi connectivity index (χ1) is 13.7. The van der Waals surface area contributed by atoms with E-state index in [9.17, 15) is 4.79 Å². The van der Waals surface area contributed by atoms with Gasteiger partial charge < -0.3 is 4.90 Å². The number of nitrogens with zero attached hydrogens (tertiary/aromatic N) is 2. The van der Waals surface area contributed by atoms with Crippen LogP contribution in [0, 0.1) is 5.92 Å². The first kappa shape index (κ1) is 20.6. The molecular formula is C25H34N2O. The Morgan fingerprint density at radius 3 is 1.86 bits per heavy atom. The molecule has 0 aliphatic carbocycles. The van der Waals surface area contributed by atoms with Gasteiger partial charge in [0, 0.05) is 32.1 Å². The van der Waals surface area contributed by atoms with Crippen LogP contribution in [0.5, 0.6) is 0 Å². The molecule has 3 rings (SSSR count). The van der Waals surface area contributed by atoms with Gasteiger partial charge in [0.25, 0.3) is 0 Å². The van der Waals surface area contributed by atoms with Crippen LogP contribution in [0.15, 0.2) is 60.7 Å². The number of amides is 1. The molecule has 2 aromatic rings. The van der Waals surface area contributed by atoms with Gasteiger partial charge in [-0.25, -0.2) is 0 Å². The van der Waals surface area contributed by atoms with Crippen molar-refractivity contribution < 1.29 is 4.79 Å². The minimum absolute atomic E-state index is 0.200. The van der Waals surface area contributed by atoms with E-state index in [4.69, 9.17) is 0 Å². The Balaban J connectivity index is 1.70. The van der Waals surface area contributed by atoms with Crippen molar-refractivity contribution in [1.82, 2.24) is 9.80 Å². The zero-order chi connectivity index (χ0) is 19.8. The van der Waals surface area contributed by atoms with Crippen LogP contribution >= 0.6 is 0 Å². The standard InChI is InChI=1S/C25H34N2O/c1-3-5-12-21(4-2)25(28)27-19-17-26(18-20-27)24(22-13-8-6-9-14-22)23-15-10-7-11-16-23/h6-11,13-16,21,24H,3-5,12,17-20H2,1-2H3/t21-/m1/s1. The summed E-state index contributed by atoms with van der Waals surface area (Å²) >= 11 is 0. The van der Waals surface area contributed by atoms with Gasteiger partial charge in [-0.15, -0.1) is 0 Å². The van der Waals surface area contributed by atoms with Crippen molar-refractivity contribution in [2.45, 2.75) is 45.6 Å². The van der Waals surface area contributed by atoms with Gasteiger partial charge in [0.2, 0.25) is 5.91 Å². The van der Waals surface area contributed by atoms with Crippen molar-refractivity contribution in [3.63, 3.8) is 0 Å². The van der Waals surface area contributed by atoms with Crippen LogP contribution in [0.1, 0.15) is 56.7 Å². The molecule has 0 unspecified atom stereocenters. The number of hydrogen-bond donors (Lipinski definition) is 0. The fraction of sp³-hybridized carbons (Fsp3) is 0.480. The molecule has 1 saturated heterocycles. The lowest BCUT2D eigenvalue weighted by molar-refractivity contribution is -0.138. The average molecular weight is 379 g/mol. The number of carbonyl (C=O) groups excluding carboxylic acids is 1. The number of piperazine rings is 1.